The SMILES string of the molecule is CNc1nc(C(=O)NCc2ccc(F)c(CO)c2)cs1. The Morgan fingerprint density at radius 3 is 2.95 bits per heavy atom. The molecule has 0 aliphatic rings. The van der Waals surface area contributed by atoms with Crippen molar-refractivity contribution in [1.82, 2.24) is 10.3 Å². The third-order valence-corrected chi connectivity index (χ3v) is 3.54. The van der Waals surface area contributed by atoms with E-state index < -0.39 is 5.82 Å². The smallest absolute Gasteiger partial charge is 0.271 e. The summed E-state index contributed by atoms with van der Waals surface area (Å²) in [5.74, 6) is -0.752. The van der Waals surface area contributed by atoms with Gasteiger partial charge in [0.05, 0.1) is 6.61 Å². The molecule has 0 aliphatic heterocycles. The Morgan fingerprint density at radius 2 is 2.30 bits per heavy atom. The lowest BCUT2D eigenvalue weighted by Gasteiger charge is -2.06. The lowest BCUT2D eigenvalue weighted by molar-refractivity contribution is 0.0946. The van der Waals surface area contributed by atoms with Crippen LogP contribution in [0.25, 0.3) is 0 Å². The van der Waals surface area contributed by atoms with Crippen LogP contribution in [0.1, 0.15) is 21.6 Å². The van der Waals surface area contributed by atoms with Crippen molar-refractivity contribution < 1.29 is 14.3 Å². The Hall–Kier alpha value is -1.99. The van der Waals surface area contributed by atoms with Gasteiger partial charge in [0.1, 0.15) is 11.5 Å². The number of aliphatic hydroxyl groups excluding tert-OH is 1. The molecule has 1 aromatic carbocycles. The highest BCUT2D eigenvalue weighted by molar-refractivity contribution is 7.13. The van der Waals surface area contributed by atoms with Gasteiger partial charge < -0.3 is 15.7 Å². The molecule has 0 fully saturated rings. The summed E-state index contributed by atoms with van der Waals surface area (Å²) in [5.41, 5.74) is 1.26. The van der Waals surface area contributed by atoms with Gasteiger partial charge in [-0.05, 0) is 17.7 Å². The van der Waals surface area contributed by atoms with Crippen LogP contribution in [0, 0.1) is 5.82 Å². The van der Waals surface area contributed by atoms with Crippen LogP contribution in [0.2, 0.25) is 0 Å². The number of carbonyl (C=O) groups excluding carboxylic acids is 1. The van der Waals surface area contributed by atoms with E-state index in [0.717, 1.165) is 0 Å². The van der Waals surface area contributed by atoms with E-state index in [1.54, 1.807) is 18.5 Å². The number of nitrogens with zero attached hydrogens (tertiary/aromatic N) is 1. The van der Waals surface area contributed by atoms with Crippen LogP contribution in [0.4, 0.5) is 9.52 Å². The van der Waals surface area contributed by atoms with Crippen LogP contribution < -0.4 is 10.6 Å². The Bertz CT molecular complexity index is 615. The average Bonchev–Trinajstić information content (AvgIpc) is 2.95. The second-order valence-corrected chi connectivity index (χ2v) is 4.91. The molecule has 3 N–H and O–H groups in total. The summed E-state index contributed by atoms with van der Waals surface area (Å²) in [6.45, 7) is -0.121. The summed E-state index contributed by atoms with van der Waals surface area (Å²) < 4.78 is 13.2. The van der Waals surface area contributed by atoms with Crippen molar-refractivity contribution >= 4 is 22.4 Å². The van der Waals surface area contributed by atoms with E-state index >= 15 is 0 Å². The molecule has 2 aromatic rings. The van der Waals surface area contributed by atoms with Gasteiger partial charge in [-0.15, -0.1) is 11.3 Å². The van der Waals surface area contributed by atoms with Gasteiger partial charge in [0.2, 0.25) is 0 Å². The Kier molecular flexibility index (Phi) is 4.65. The van der Waals surface area contributed by atoms with Gasteiger partial charge in [0.15, 0.2) is 5.13 Å². The molecular weight excluding hydrogens is 281 g/mol. The van der Waals surface area contributed by atoms with Crippen LogP contribution in [-0.2, 0) is 13.2 Å². The summed E-state index contributed by atoms with van der Waals surface area (Å²) in [4.78, 5) is 15.9. The molecule has 5 nitrogen and oxygen atoms in total. The summed E-state index contributed by atoms with van der Waals surface area (Å²) >= 11 is 1.34. The van der Waals surface area contributed by atoms with Gasteiger partial charge in [-0.25, -0.2) is 9.37 Å². The summed E-state index contributed by atoms with van der Waals surface area (Å²) in [6, 6.07) is 4.36. The fourth-order valence-electron chi connectivity index (χ4n) is 1.62. The van der Waals surface area contributed by atoms with Gasteiger partial charge in [-0.2, -0.15) is 0 Å². The highest BCUT2D eigenvalue weighted by atomic mass is 32.1. The number of rotatable bonds is 5. The minimum absolute atomic E-state index is 0.211. The molecule has 0 atom stereocenters. The zero-order valence-electron chi connectivity index (χ0n) is 10.8. The van der Waals surface area contributed by atoms with Crippen molar-refractivity contribution in [3.63, 3.8) is 0 Å². The number of hydrogen-bond donors (Lipinski definition) is 3. The molecule has 7 heteroatoms. The van der Waals surface area contributed by atoms with E-state index in [4.69, 9.17) is 5.11 Å². The number of aliphatic hydroxyl groups is 1. The van der Waals surface area contributed by atoms with Crippen molar-refractivity contribution in [1.29, 1.82) is 0 Å². The largest absolute Gasteiger partial charge is 0.392 e. The predicted octanol–water partition coefficient (Wildman–Crippen LogP) is 1.75. The first-order valence-electron chi connectivity index (χ1n) is 5.93. The van der Waals surface area contributed by atoms with Crippen molar-refractivity contribution in [2.45, 2.75) is 13.2 Å². The molecule has 106 valence electrons. The van der Waals surface area contributed by atoms with Gasteiger partial charge in [-0.1, -0.05) is 6.07 Å². The van der Waals surface area contributed by atoms with Crippen molar-refractivity contribution in [3.8, 4) is 0 Å². The highest BCUT2D eigenvalue weighted by Gasteiger charge is 2.10. The maximum atomic E-state index is 13.2. The Balaban J connectivity index is 1.99. The molecule has 1 aromatic heterocycles. The lowest BCUT2D eigenvalue weighted by Crippen LogP contribution is -2.23. The number of hydrogen-bond acceptors (Lipinski definition) is 5. The van der Waals surface area contributed by atoms with Crippen LogP contribution in [0.5, 0.6) is 0 Å². The first-order chi connectivity index (χ1) is 9.63. The second-order valence-electron chi connectivity index (χ2n) is 4.05. The van der Waals surface area contributed by atoms with Gasteiger partial charge in [0, 0.05) is 24.5 Å². The van der Waals surface area contributed by atoms with Crippen LogP contribution in [0.3, 0.4) is 0 Å². The van der Waals surface area contributed by atoms with E-state index in [1.165, 1.54) is 23.5 Å². The van der Waals surface area contributed by atoms with Crippen LogP contribution >= 0.6 is 11.3 Å². The fraction of sp³-hybridized carbons (Fsp3) is 0.231. The molecule has 0 bridgehead atoms. The monoisotopic (exact) mass is 295 g/mol. The summed E-state index contributed by atoms with van der Waals surface area (Å²) in [7, 11) is 1.73. The number of nitrogens with one attached hydrogen (secondary N) is 2. The van der Waals surface area contributed by atoms with Crippen molar-refractivity contribution in [3.05, 3.63) is 46.2 Å². The number of thiazole rings is 1. The molecule has 0 saturated carbocycles. The topological polar surface area (TPSA) is 74.2 Å². The maximum Gasteiger partial charge on any atom is 0.271 e. The molecule has 0 saturated heterocycles. The van der Waals surface area contributed by atoms with E-state index in [-0.39, 0.29) is 24.6 Å². The van der Waals surface area contributed by atoms with Crippen LogP contribution in [0.15, 0.2) is 23.6 Å². The Labute approximate surface area is 119 Å². The van der Waals surface area contributed by atoms with Crippen molar-refractivity contribution in [2.75, 3.05) is 12.4 Å². The number of amides is 1. The minimum Gasteiger partial charge on any atom is -0.392 e. The fourth-order valence-corrected chi connectivity index (χ4v) is 2.28. The van der Waals surface area contributed by atoms with Crippen LogP contribution in [-0.4, -0.2) is 23.0 Å². The molecule has 0 unspecified atom stereocenters. The number of aromatic nitrogens is 1. The van der Waals surface area contributed by atoms with Crippen molar-refractivity contribution in [2.24, 2.45) is 0 Å². The Morgan fingerprint density at radius 1 is 1.50 bits per heavy atom. The number of carbonyl (C=O) groups is 1. The minimum atomic E-state index is -0.458. The molecule has 0 spiro atoms. The van der Waals surface area contributed by atoms with E-state index in [0.29, 0.717) is 16.4 Å². The molecule has 0 aliphatic carbocycles. The highest BCUT2D eigenvalue weighted by Crippen LogP contribution is 2.14. The summed E-state index contributed by atoms with van der Waals surface area (Å²) in [5, 5.41) is 16.9. The third-order valence-electron chi connectivity index (χ3n) is 2.68. The standard InChI is InChI=1S/C13H14FN3O2S/c1-15-13-17-11(7-20-13)12(19)16-5-8-2-3-10(14)9(4-8)6-18/h2-4,7,18H,5-6H2,1H3,(H,15,17)(H,16,19). The molecule has 1 amide bonds. The zero-order valence-corrected chi connectivity index (χ0v) is 11.6. The van der Waals surface area contributed by atoms with Gasteiger partial charge in [0.25, 0.3) is 5.91 Å². The molecular formula is C13H14FN3O2S. The second kappa shape index (κ2) is 6.44. The summed E-state index contributed by atoms with van der Waals surface area (Å²) in [6.07, 6.45) is 0. The number of benzene rings is 1. The number of halogens is 1. The number of anilines is 1. The van der Waals surface area contributed by atoms with E-state index in [1.807, 2.05) is 0 Å². The van der Waals surface area contributed by atoms with Gasteiger partial charge in [-0.3, -0.25) is 4.79 Å². The third kappa shape index (κ3) is 3.31. The first-order valence-corrected chi connectivity index (χ1v) is 6.81. The predicted molar refractivity (Wildman–Crippen MR) is 75.2 cm³/mol. The van der Waals surface area contributed by atoms with Gasteiger partial charge >= 0.3 is 0 Å². The molecule has 20 heavy (non-hydrogen) atoms. The molecule has 2 rings (SSSR count). The lowest BCUT2D eigenvalue weighted by atomic mass is 10.1. The van der Waals surface area contributed by atoms with E-state index in [2.05, 4.69) is 15.6 Å². The zero-order chi connectivity index (χ0) is 14.5. The average molecular weight is 295 g/mol. The van der Waals surface area contributed by atoms with E-state index in [9.17, 15) is 9.18 Å². The molecule has 0 radical (unpaired) electrons. The molecule has 1 heterocycles. The first kappa shape index (κ1) is 14.4. The quantitative estimate of drug-likeness (QED) is 0.785. The normalized spacial score (nSPS) is 10.3. The maximum absolute atomic E-state index is 13.2.